The first-order valence-electron chi connectivity index (χ1n) is 11.4. The molecular formula is C27H28N2O4. The van der Waals surface area contributed by atoms with Gasteiger partial charge in [-0.05, 0) is 30.0 Å². The highest BCUT2D eigenvalue weighted by Crippen LogP contribution is 2.46. The summed E-state index contributed by atoms with van der Waals surface area (Å²) in [7, 11) is 0. The maximum absolute atomic E-state index is 12.8. The molecule has 0 aliphatic carbocycles. The highest BCUT2D eigenvalue weighted by Gasteiger charge is 2.50. The van der Waals surface area contributed by atoms with E-state index in [4.69, 9.17) is 9.47 Å². The topological polar surface area (TPSA) is 71.9 Å². The highest BCUT2D eigenvalue weighted by atomic mass is 16.6. The number of ether oxygens (including phenoxy) is 2. The fourth-order valence-electron chi connectivity index (χ4n) is 5.05. The Kier molecular flexibility index (Phi) is 6.01. The molecule has 3 aromatic rings. The number of fused-ring (bicyclic) bond motifs is 2. The molecule has 0 saturated carbocycles. The quantitative estimate of drug-likeness (QED) is 0.591. The number of hydrogen-bond donors (Lipinski definition) is 1. The molecule has 2 fully saturated rings. The lowest BCUT2D eigenvalue weighted by Crippen LogP contribution is -2.52. The van der Waals surface area contributed by atoms with Gasteiger partial charge in [0.15, 0.2) is 0 Å². The first-order valence-corrected chi connectivity index (χ1v) is 11.4. The second kappa shape index (κ2) is 9.24. The SMILES string of the molecule is O=C(OCc1ccccc1)N1C2CCC1CC(O)(c1cncc(OCc3ccccc3)c1)C2. The number of hydrogen-bond acceptors (Lipinski definition) is 5. The van der Waals surface area contributed by atoms with Crippen molar-refractivity contribution in [2.45, 2.75) is 56.6 Å². The predicted octanol–water partition coefficient (Wildman–Crippen LogP) is 4.81. The summed E-state index contributed by atoms with van der Waals surface area (Å²) < 4.78 is 11.5. The summed E-state index contributed by atoms with van der Waals surface area (Å²) in [6.07, 6.45) is 5.74. The third kappa shape index (κ3) is 4.71. The van der Waals surface area contributed by atoms with Crippen molar-refractivity contribution in [2.24, 2.45) is 0 Å². The molecule has 6 nitrogen and oxygen atoms in total. The lowest BCUT2D eigenvalue weighted by molar-refractivity contribution is -0.0540. The van der Waals surface area contributed by atoms with Crippen LogP contribution in [0.15, 0.2) is 79.1 Å². The number of pyridine rings is 1. The molecular weight excluding hydrogens is 416 g/mol. The van der Waals surface area contributed by atoms with Crippen molar-refractivity contribution in [2.75, 3.05) is 0 Å². The van der Waals surface area contributed by atoms with Crippen LogP contribution in [0.25, 0.3) is 0 Å². The van der Waals surface area contributed by atoms with Crippen LogP contribution in [0.1, 0.15) is 42.4 Å². The van der Waals surface area contributed by atoms with Crippen molar-refractivity contribution in [3.63, 3.8) is 0 Å². The van der Waals surface area contributed by atoms with Gasteiger partial charge in [-0.3, -0.25) is 4.98 Å². The molecule has 2 aliphatic rings. The van der Waals surface area contributed by atoms with E-state index in [1.54, 1.807) is 12.4 Å². The van der Waals surface area contributed by atoms with Crippen molar-refractivity contribution in [3.8, 4) is 5.75 Å². The van der Waals surface area contributed by atoms with Crippen LogP contribution in [0.4, 0.5) is 4.79 Å². The Morgan fingerprint density at radius 3 is 2.18 bits per heavy atom. The summed E-state index contributed by atoms with van der Waals surface area (Å²) in [5, 5.41) is 11.6. The molecule has 2 unspecified atom stereocenters. The van der Waals surface area contributed by atoms with E-state index in [1.807, 2.05) is 71.6 Å². The minimum Gasteiger partial charge on any atom is -0.487 e. The van der Waals surface area contributed by atoms with Gasteiger partial charge in [0.05, 0.1) is 11.8 Å². The van der Waals surface area contributed by atoms with Crippen molar-refractivity contribution >= 4 is 6.09 Å². The van der Waals surface area contributed by atoms with E-state index in [0.717, 1.165) is 29.5 Å². The van der Waals surface area contributed by atoms with Gasteiger partial charge in [-0.15, -0.1) is 0 Å². The highest BCUT2D eigenvalue weighted by molar-refractivity contribution is 5.69. The summed E-state index contributed by atoms with van der Waals surface area (Å²) in [5.74, 6) is 0.627. The standard InChI is InChI=1S/C27H28N2O4/c30-26(33-19-21-9-5-2-6-10-21)29-23-11-12-24(29)15-27(31,14-23)22-13-25(17-28-16-22)32-18-20-7-3-1-4-8-20/h1-10,13,16-17,23-24,31H,11-12,14-15,18-19H2. The van der Waals surface area contributed by atoms with Gasteiger partial charge in [0, 0.05) is 36.7 Å². The van der Waals surface area contributed by atoms with Crippen LogP contribution in [-0.4, -0.2) is 33.2 Å². The van der Waals surface area contributed by atoms with E-state index in [1.165, 1.54) is 0 Å². The van der Waals surface area contributed by atoms with Crippen LogP contribution >= 0.6 is 0 Å². The molecule has 2 atom stereocenters. The Balaban J connectivity index is 1.24. The second-order valence-electron chi connectivity index (χ2n) is 8.96. The number of carbonyl (C=O) groups is 1. The number of carbonyl (C=O) groups excluding carboxylic acids is 1. The number of rotatable bonds is 6. The number of piperidine rings is 1. The van der Waals surface area contributed by atoms with Gasteiger partial charge in [-0.25, -0.2) is 4.79 Å². The van der Waals surface area contributed by atoms with Crippen LogP contribution in [-0.2, 0) is 23.6 Å². The summed E-state index contributed by atoms with van der Waals surface area (Å²) in [6, 6.07) is 21.4. The van der Waals surface area contributed by atoms with Crippen LogP contribution in [0.2, 0.25) is 0 Å². The van der Waals surface area contributed by atoms with Crippen LogP contribution in [0, 0.1) is 0 Å². The average molecular weight is 445 g/mol. The third-order valence-corrected chi connectivity index (χ3v) is 6.68. The minimum atomic E-state index is -1.04. The van der Waals surface area contributed by atoms with E-state index in [0.29, 0.717) is 25.2 Å². The normalized spacial score (nSPS) is 23.8. The molecule has 0 radical (unpaired) electrons. The molecule has 6 heteroatoms. The Morgan fingerprint density at radius 1 is 0.939 bits per heavy atom. The Morgan fingerprint density at radius 2 is 1.55 bits per heavy atom. The molecule has 5 rings (SSSR count). The van der Waals surface area contributed by atoms with Crippen LogP contribution in [0.5, 0.6) is 5.75 Å². The Hall–Kier alpha value is -3.38. The number of aromatic nitrogens is 1. The zero-order valence-electron chi connectivity index (χ0n) is 18.5. The minimum absolute atomic E-state index is 0.0501. The van der Waals surface area contributed by atoms with Crippen LogP contribution in [0.3, 0.4) is 0 Å². The zero-order chi connectivity index (χ0) is 22.7. The van der Waals surface area contributed by atoms with Crippen molar-refractivity contribution in [3.05, 3.63) is 95.8 Å². The zero-order valence-corrected chi connectivity index (χ0v) is 18.5. The lowest BCUT2D eigenvalue weighted by atomic mass is 9.81. The largest absolute Gasteiger partial charge is 0.487 e. The first-order chi connectivity index (χ1) is 16.1. The fourth-order valence-corrected chi connectivity index (χ4v) is 5.05. The molecule has 1 aromatic heterocycles. The van der Waals surface area contributed by atoms with Crippen molar-refractivity contribution < 1.29 is 19.4 Å². The summed E-state index contributed by atoms with van der Waals surface area (Å²) in [6.45, 7) is 0.696. The fraction of sp³-hybridized carbons (Fsp3) is 0.333. The Bertz CT molecular complexity index is 1080. The predicted molar refractivity (Wildman–Crippen MR) is 123 cm³/mol. The van der Waals surface area contributed by atoms with E-state index in [9.17, 15) is 9.90 Å². The first kappa shape index (κ1) is 21.5. The van der Waals surface area contributed by atoms with Gasteiger partial charge in [0.1, 0.15) is 19.0 Å². The van der Waals surface area contributed by atoms with Gasteiger partial charge in [-0.2, -0.15) is 0 Å². The number of amides is 1. The van der Waals surface area contributed by atoms with E-state index in [2.05, 4.69) is 4.98 Å². The molecule has 1 amide bonds. The van der Waals surface area contributed by atoms with E-state index in [-0.39, 0.29) is 24.8 Å². The summed E-state index contributed by atoms with van der Waals surface area (Å²) in [5.41, 5.74) is 1.73. The van der Waals surface area contributed by atoms with Crippen LogP contribution < -0.4 is 4.74 Å². The molecule has 33 heavy (non-hydrogen) atoms. The Labute approximate surface area is 193 Å². The molecule has 2 bridgehead atoms. The van der Waals surface area contributed by atoms with Crippen molar-refractivity contribution in [1.82, 2.24) is 9.88 Å². The van der Waals surface area contributed by atoms with E-state index >= 15 is 0 Å². The maximum Gasteiger partial charge on any atom is 0.410 e. The van der Waals surface area contributed by atoms with Gasteiger partial charge in [0.2, 0.25) is 0 Å². The number of benzene rings is 2. The van der Waals surface area contributed by atoms with Gasteiger partial charge in [-0.1, -0.05) is 60.7 Å². The van der Waals surface area contributed by atoms with Gasteiger partial charge >= 0.3 is 6.09 Å². The van der Waals surface area contributed by atoms with Gasteiger partial charge in [0.25, 0.3) is 0 Å². The number of nitrogens with zero attached hydrogens (tertiary/aromatic N) is 2. The monoisotopic (exact) mass is 444 g/mol. The molecule has 3 heterocycles. The summed E-state index contributed by atoms with van der Waals surface area (Å²) in [4.78, 5) is 19.0. The second-order valence-corrected chi connectivity index (χ2v) is 8.96. The molecule has 2 aliphatic heterocycles. The van der Waals surface area contributed by atoms with Crippen molar-refractivity contribution in [1.29, 1.82) is 0 Å². The molecule has 0 spiro atoms. The average Bonchev–Trinajstić information content (AvgIpc) is 3.14. The molecule has 2 saturated heterocycles. The maximum atomic E-state index is 12.8. The molecule has 170 valence electrons. The smallest absolute Gasteiger partial charge is 0.410 e. The van der Waals surface area contributed by atoms with E-state index < -0.39 is 5.60 Å². The molecule has 2 aromatic carbocycles. The summed E-state index contributed by atoms with van der Waals surface area (Å²) >= 11 is 0. The number of aliphatic hydroxyl groups is 1. The third-order valence-electron chi connectivity index (χ3n) is 6.68. The van der Waals surface area contributed by atoms with Gasteiger partial charge < -0.3 is 19.5 Å². The molecule has 1 N–H and O–H groups in total. The lowest BCUT2D eigenvalue weighted by Gasteiger charge is -2.43.